The molecular weight excluding hydrogens is 378 g/mol. The Labute approximate surface area is 168 Å². The lowest BCUT2D eigenvalue weighted by Gasteiger charge is -2.10. The second-order valence-electron chi connectivity index (χ2n) is 5.66. The summed E-state index contributed by atoms with van der Waals surface area (Å²) in [6.45, 7) is 4.97. The lowest BCUT2D eigenvalue weighted by molar-refractivity contribution is -0.121. The van der Waals surface area contributed by atoms with E-state index in [0.29, 0.717) is 29.0 Å². The van der Waals surface area contributed by atoms with Crippen LogP contribution >= 0.6 is 24.0 Å². The molecule has 1 fully saturated rings. The number of thioether (sulfide) groups is 1. The minimum absolute atomic E-state index is 0.0903. The molecule has 0 N–H and O–H groups in total. The molecule has 0 aliphatic carbocycles. The van der Waals surface area contributed by atoms with E-state index in [1.54, 1.807) is 11.0 Å². The van der Waals surface area contributed by atoms with Crippen LogP contribution in [0.2, 0.25) is 0 Å². The van der Waals surface area contributed by atoms with Crippen LogP contribution in [0.15, 0.2) is 72.2 Å². The third-order valence-electron chi connectivity index (χ3n) is 3.71. The number of hydrogen-bond acceptors (Lipinski definition) is 5. The molecule has 2 aromatic carbocycles. The number of thiocarbonyl (C=S) groups is 1. The molecule has 0 aromatic heterocycles. The van der Waals surface area contributed by atoms with Gasteiger partial charge in [0, 0.05) is 6.54 Å². The van der Waals surface area contributed by atoms with Gasteiger partial charge in [-0.2, -0.15) is 0 Å². The SMILES string of the molecule is C=CCN1C(=O)C(=Cc2cccc(OCCOc3ccccc3)c2)SC1=S. The van der Waals surface area contributed by atoms with Crippen LogP contribution in [0.25, 0.3) is 6.08 Å². The van der Waals surface area contributed by atoms with Gasteiger partial charge >= 0.3 is 0 Å². The molecule has 0 atom stereocenters. The van der Waals surface area contributed by atoms with Gasteiger partial charge in [0.2, 0.25) is 0 Å². The van der Waals surface area contributed by atoms with E-state index >= 15 is 0 Å². The van der Waals surface area contributed by atoms with E-state index in [4.69, 9.17) is 21.7 Å². The Morgan fingerprint density at radius 2 is 1.74 bits per heavy atom. The Hall–Kier alpha value is -2.57. The molecular formula is C21H19NO3S2. The summed E-state index contributed by atoms with van der Waals surface area (Å²) in [7, 11) is 0. The number of hydrogen-bond donors (Lipinski definition) is 0. The van der Waals surface area contributed by atoms with E-state index < -0.39 is 0 Å². The lowest BCUT2D eigenvalue weighted by atomic mass is 10.2. The molecule has 3 rings (SSSR count). The molecule has 0 radical (unpaired) electrons. The third kappa shape index (κ3) is 5.21. The van der Waals surface area contributed by atoms with E-state index in [-0.39, 0.29) is 5.91 Å². The monoisotopic (exact) mass is 397 g/mol. The van der Waals surface area contributed by atoms with Crippen LogP contribution in [-0.4, -0.2) is 34.9 Å². The fraction of sp³-hybridized carbons (Fsp3) is 0.143. The van der Waals surface area contributed by atoms with Crippen LogP contribution in [-0.2, 0) is 4.79 Å². The number of carbonyl (C=O) groups excluding carboxylic acids is 1. The molecule has 1 saturated heterocycles. The minimum atomic E-state index is -0.0903. The maximum absolute atomic E-state index is 12.4. The average Bonchev–Trinajstić information content (AvgIpc) is 2.94. The number of nitrogens with zero attached hydrogens (tertiary/aromatic N) is 1. The number of benzene rings is 2. The fourth-order valence-corrected chi connectivity index (χ4v) is 3.74. The van der Waals surface area contributed by atoms with Gasteiger partial charge in [-0.25, -0.2) is 0 Å². The van der Waals surface area contributed by atoms with Gasteiger partial charge in [0.15, 0.2) is 0 Å². The first-order chi connectivity index (χ1) is 13.2. The van der Waals surface area contributed by atoms with Gasteiger partial charge in [-0.3, -0.25) is 9.69 Å². The zero-order valence-electron chi connectivity index (χ0n) is 14.7. The maximum atomic E-state index is 12.4. The molecule has 27 heavy (non-hydrogen) atoms. The summed E-state index contributed by atoms with van der Waals surface area (Å²) in [6.07, 6.45) is 3.50. The molecule has 138 valence electrons. The maximum Gasteiger partial charge on any atom is 0.266 e. The Kier molecular flexibility index (Phi) is 6.68. The van der Waals surface area contributed by atoms with Crippen molar-refractivity contribution in [1.82, 2.24) is 4.90 Å². The van der Waals surface area contributed by atoms with Crippen LogP contribution < -0.4 is 9.47 Å². The molecule has 0 unspecified atom stereocenters. The van der Waals surface area contributed by atoms with Crippen molar-refractivity contribution in [2.24, 2.45) is 0 Å². The Morgan fingerprint density at radius 1 is 1.04 bits per heavy atom. The van der Waals surface area contributed by atoms with Gasteiger partial charge in [-0.05, 0) is 35.9 Å². The molecule has 2 aromatic rings. The Bertz CT molecular complexity index is 865. The Morgan fingerprint density at radius 3 is 2.48 bits per heavy atom. The molecule has 1 amide bonds. The predicted molar refractivity (Wildman–Crippen MR) is 114 cm³/mol. The van der Waals surface area contributed by atoms with E-state index in [0.717, 1.165) is 17.1 Å². The second kappa shape index (κ2) is 9.39. The number of ether oxygens (including phenoxy) is 2. The second-order valence-corrected chi connectivity index (χ2v) is 7.34. The molecule has 6 heteroatoms. The van der Waals surface area contributed by atoms with E-state index in [1.165, 1.54) is 11.8 Å². The molecule has 1 heterocycles. The van der Waals surface area contributed by atoms with Crippen LogP contribution in [0.5, 0.6) is 11.5 Å². The fourth-order valence-electron chi connectivity index (χ4n) is 2.47. The van der Waals surface area contributed by atoms with Crippen LogP contribution in [0.4, 0.5) is 0 Å². The van der Waals surface area contributed by atoms with Gasteiger partial charge in [0.1, 0.15) is 29.0 Å². The van der Waals surface area contributed by atoms with Crippen molar-refractivity contribution in [3.63, 3.8) is 0 Å². The largest absolute Gasteiger partial charge is 0.490 e. The number of amides is 1. The van der Waals surface area contributed by atoms with Crippen LogP contribution in [0.1, 0.15) is 5.56 Å². The first kappa shape index (κ1) is 19.2. The van der Waals surface area contributed by atoms with Gasteiger partial charge in [-0.15, -0.1) is 6.58 Å². The molecule has 1 aliphatic rings. The van der Waals surface area contributed by atoms with Gasteiger partial charge in [0.25, 0.3) is 5.91 Å². The van der Waals surface area contributed by atoms with Gasteiger partial charge in [0.05, 0.1) is 4.91 Å². The average molecular weight is 398 g/mol. The van der Waals surface area contributed by atoms with Crippen molar-refractivity contribution in [3.8, 4) is 11.5 Å². The van der Waals surface area contributed by atoms with Crippen LogP contribution in [0, 0.1) is 0 Å². The summed E-state index contributed by atoms with van der Waals surface area (Å²) in [5.74, 6) is 1.45. The van der Waals surface area contributed by atoms with Crippen LogP contribution in [0.3, 0.4) is 0 Å². The highest BCUT2D eigenvalue weighted by Crippen LogP contribution is 2.32. The lowest BCUT2D eigenvalue weighted by Crippen LogP contribution is -2.27. The summed E-state index contributed by atoms with van der Waals surface area (Å²) in [5, 5.41) is 0. The first-order valence-corrected chi connectivity index (χ1v) is 9.67. The van der Waals surface area contributed by atoms with E-state index in [1.807, 2.05) is 60.7 Å². The summed E-state index contributed by atoms with van der Waals surface area (Å²) in [5.41, 5.74) is 0.885. The highest BCUT2D eigenvalue weighted by atomic mass is 32.2. The van der Waals surface area contributed by atoms with E-state index in [2.05, 4.69) is 6.58 Å². The zero-order chi connectivity index (χ0) is 19.1. The molecule has 0 spiro atoms. The van der Waals surface area contributed by atoms with Crippen molar-refractivity contribution in [1.29, 1.82) is 0 Å². The summed E-state index contributed by atoms with van der Waals surface area (Å²) < 4.78 is 11.9. The minimum Gasteiger partial charge on any atom is -0.490 e. The smallest absolute Gasteiger partial charge is 0.266 e. The van der Waals surface area contributed by atoms with Gasteiger partial charge < -0.3 is 9.47 Å². The standard InChI is InChI=1S/C21H19NO3S2/c1-2-11-22-20(23)19(27-21(22)26)15-16-7-6-10-18(14-16)25-13-12-24-17-8-4-3-5-9-17/h2-10,14-15H,1,11-13H2. The van der Waals surface area contributed by atoms with Crippen molar-refractivity contribution >= 4 is 40.3 Å². The molecule has 0 bridgehead atoms. The zero-order valence-corrected chi connectivity index (χ0v) is 16.3. The van der Waals surface area contributed by atoms with Gasteiger partial charge in [-0.1, -0.05) is 60.4 Å². The van der Waals surface area contributed by atoms with Crippen molar-refractivity contribution in [2.75, 3.05) is 19.8 Å². The topological polar surface area (TPSA) is 38.8 Å². The Balaban J connectivity index is 1.58. The molecule has 4 nitrogen and oxygen atoms in total. The number of carbonyl (C=O) groups is 1. The predicted octanol–water partition coefficient (Wildman–Crippen LogP) is 4.53. The normalized spacial score (nSPS) is 15.3. The van der Waals surface area contributed by atoms with Crippen molar-refractivity contribution in [3.05, 3.63) is 77.7 Å². The van der Waals surface area contributed by atoms with Crippen molar-refractivity contribution < 1.29 is 14.3 Å². The number of rotatable bonds is 8. The summed E-state index contributed by atoms with van der Waals surface area (Å²) in [4.78, 5) is 14.5. The quantitative estimate of drug-likeness (QED) is 0.283. The summed E-state index contributed by atoms with van der Waals surface area (Å²) in [6, 6.07) is 17.2. The summed E-state index contributed by atoms with van der Waals surface area (Å²) >= 11 is 6.56. The number of para-hydroxylation sites is 1. The van der Waals surface area contributed by atoms with Crippen molar-refractivity contribution in [2.45, 2.75) is 0 Å². The highest BCUT2D eigenvalue weighted by molar-refractivity contribution is 8.26. The van der Waals surface area contributed by atoms with E-state index in [9.17, 15) is 4.79 Å². The third-order valence-corrected chi connectivity index (χ3v) is 5.08. The molecule has 1 aliphatic heterocycles. The first-order valence-electron chi connectivity index (χ1n) is 8.44. The highest BCUT2D eigenvalue weighted by Gasteiger charge is 2.30. The molecule has 0 saturated carbocycles.